The number of nitrogens with one attached hydrogen (secondary N) is 1. The van der Waals surface area contributed by atoms with E-state index in [1.165, 1.54) is 25.7 Å². The van der Waals surface area contributed by atoms with Crippen LogP contribution < -0.4 is 5.32 Å². The number of carbonyl (C=O) groups excluding carboxylic acids is 2. The van der Waals surface area contributed by atoms with E-state index in [1.54, 1.807) is 0 Å². The Kier molecular flexibility index (Phi) is 4.45. The van der Waals surface area contributed by atoms with Crippen LogP contribution in [0.15, 0.2) is 0 Å². The molecule has 3 rings (SSSR count). The molecule has 1 unspecified atom stereocenters. The van der Waals surface area contributed by atoms with Crippen molar-refractivity contribution in [2.24, 2.45) is 16.7 Å². The van der Waals surface area contributed by atoms with Crippen LogP contribution in [-0.4, -0.2) is 35.8 Å². The zero-order chi connectivity index (χ0) is 16.7. The average molecular weight is 320 g/mol. The standard InChI is InChI=1S/C19H32N2O2/c1-18(2,3)17(23)21-12-15(19(13-21)10-6-7-11-19)16(22)20-14-8-4-5-9-14/h14-15H,4-13H2,1-3H3,(H,20,22). The molecular formula is C19H32N2O2. The van der Waals surface area contributed by atoms with Gasteiger partial charge in [-0.25, -0.2) is 0 Å². The molecule has 1 spiro atoms. The Morgan fingerprint density at radius 3 is 2.22 bits per heavy atom. The lowest BCUT2D eigenvalue weighted by atomic mass is 9.76. The summed E-state index contributed by atoms with van der Waals surface area (Å²) in [5, 5.41) is 3.29. The highest BCUT2D eigenvalue weighted by Gasteiger charge is 2.53. The average Bonchev–Trinajstić information content (AvgIpc) is 3.20. The Bertz CT molecular complexity index is 468. The first kappa shape index (κ1) is 16.8. The first-order valence-corrected chi connectivity index (χ1v) is 9.42. The SMILES string of the molecule is CC(C)(C)C(=O)N1CC(C(=O)NC2CCCC2)C2(CCCC2)C1. The molecule has 130 valence electrons. The van der Waals surface area contributed by atoms with Gasteiger partial charge in [-0.1, -0.05) is 46.5 Å². The predicted octanol–water partition coefficient (Wildman–Crippen LogP) is 3.11. The van der Waals surface area contributed by atoms with Gasteiger partial charge in [-0.15, -0.1) is 0 Å². The largest absolute Gasteiger partial charge is 0.353 e. The zero-order valence-electron chi connectivity index (χ0n) is 15.0. The molecule has 0 aromatic carbocycles. The summed E-state index contributed by atoms with van der Waals surface area (Å²) in [5.74, 6) is 0.403. The molecule has 2 amide bonds. The molecule has 1 atom stereocenters. The monoisotopic (exact) mass is 320 g/mol. The van der Waals surface area contributed by atoms with Gasteiger partial charge >= 0.3 is 0 Å². The molecule has 4 nitrogen and oxygen atoms in total. The molecule has 1 saturated heterocycles. The predicted molar refractivity (Wildman–Crippen MR) is 90.8 cm³/mol. The van der Waals surface area contributed by atoms with Gasteiger partial charge < -0.3 is 10.2 Å². The van der Waals surface area contributed by atoms with Crippen LogP contribution in [0.5, 0.6) is 0 Å². The van der Waals surface area contributed by atoms with Crippen molar-refractivity contribution in [1.82, 2.24) is 10.2 Å². The van der Waals surface area contributed by atoms with Crippen LogP contribution >= 0.6 is 0 Å². The lowest BCUT2D eigenvalue weighted by molar-refractivity contribution is -0.138. The van der Waals surface area contributed by atoms with Crippen LogP contribution in [0.25, 0.3) is 0 Å². The number of likely N-dealkylation sites (tertiary alicyclic amines) is 1. The number of nitrogens with zero attached hydrogens (tertiary/aromatic N) is 1. The number of amides is 2. The summed E-state index contributed by atoms with van der Waals surface area (Å²) in [6.07, 6.45) is 9.31. The van der Waals surface area contributed by atoms with Crippen molar-refractivity contribution in [2.75, 3.05) is 13.1 Å². The molecule has 0 bridgehead atoms. The van der Waals surface area contributed by atoms with Gasteiger partial charge in [0.1, 0.15) is 0 Å². The summed E-state index contributed by atoms with van der Waals surface area (Å²) in [6, 6.07) is 0.369. The van der Waals surface area contributed by atoms with E-state index in [0.717, 1.165) is 32.2 Å². The molecule has 0 radical (unpaired) electrons. The lowest BCUT2D eigenvalue weighted by Gasteiger charge is -2.30. The van der Waals surface area contributed by atoms with Crippen LogP contribution in [0.2, 0.25) is 0 Å². The lowest BCUT2D eigenvalue weighted by Crippen LogP contribution is -2.43. The Hall–Kier alpha value is -1.06. The normalized spacial score (nSPS) is 27.8. The Labute approximate surface area is 140 Å². The van der Waals surface area contributed by atoms with E-state index >= 15 is 0 Å². The second-order valence-electron chi connectivity index (χ2n) is 9.05. The Balaban J connectivity index is 1.74. The van der Waals surface area contributed by atoms with Gasteiger partial charge in [0.15, 0.2) is 0 Å². The van der Waals surface area contributed by atoms with Crippen LogP contribution in [-0.2, 0) is 9.59 Å². The van der Waals surface area contributed by atoms with Crippen LogP contribution in [0.1, 0.15) is 72.1 Å². The highest BCUT2D eigenvalue weighted by Crippen LogP contribution is 2.49. The third-order valence-electron chi connectivity index (χ3n) is 6.19. The van der Waals surface area contributed by atoms with Gasteiger partial charge in [0.25, 0.3) is 0 Å². The maximum Gasteiger partial charge on any atom is 0.227 e. The van der Waals surface area contributed by atoms with Gasteiger partial charge in [0, 0.05) is 30.0 Å². The fourth-order valence-corrected chi connectivity index (χ4v) is 4.92. The smallest absolute Gasteiger partial charge is 0.227 e. The van der Waals surface area contributed by atoms with Crippen LogP contribution in [0.3, 0.4) is 0 Å². The fourth-order valence-electron chi connectivity index (χ4n) is 4.92. The first-order chi connectivity index (χ1) is 10.8. The molecule has 3 fully saturated rings. The van der Waals surface area contributed by atoms with E-state index in [2.05, 4.69) is 5.32 Å². The third-order valence-corrected chi connectivity index (χ3v) is 6.19. The summed E-state index contributed by atoms with van der Waals surface area (Å²) in [7, 11) is 0. The molecule has 2 saturated carbocycles. The molecular weight excluding hydrogens is 288 g/mol. The highest BCUT2D eigenvalue weighted by molar-refractivity contribution is 5.85. The molecule has 1 aliphatic heterocycles. The Morgan fingerprint density at radius 2 is 1.65 bits per heavy atom. The molecule has 1 heterocycles. The molecule has 0 aromatic rings. The Morgan fingerprint density at radius 1 is 1.04 bits per heavy atom. The summed E-state index contributed by atoms with van der Waals surface area (Å²) < 4.78 is 0. The van der Waals surface area contributed by atoms with E-state index < -0.39 is 0 Å². The van der Waals surface area contributed by atoms with Crippen LogP contribution in [0, 0.1) is 16.7 Å². The zero-order valence-corrected chi connectivity index (χ0v) is 15.0. The molecule has 2 aliphatic carbocycles. The second kappa shape index (κ2) is 6.10. The van der Waals surface area contributed by atoms with Crippen molar-refractivity contribution in [3.05, 3.63) is 0 Å². The first-order valence-electron chi connectivity index (χ1n) is 9.42. The minimum atomic E-state index is -0.364. The molecule has 4 heteroatoms. The van der Waals surface area contributed by atoms with E-state index in [9.17, 15) is 9.59 Å². The number of hydrogen-bond acceptors (Lipinski definition) is 2. The molecule has 23 heavy (non-hydrogen) atoms. The van der Waals surface area contributed by atoms with Crippen molar-refractivity contribution < 1.29 is 9.59 Å². The minimum absolute atomic E-state index is 0.00287. The van der Waals surface area contributed by atoms with Gasteiger partial charge in [-0.05, 0) is 25.7 Å². The maximum atomic E-state index is 12.9. The summed E-state index contributed by atoms with van der Waals surface area (Å²) in [5.41, 5.74) is -0.319. The number of hydrogen-bond donors (Lipinski definition) is 1. The van der Waals surface area contributed by atoms with Crippen molar-refractivity contribution >= 4 is 11.8 Å². The van der Waals surface area contributed by atoms with Gasteiger partial charge in [0.2, 0.25) is 11.8 Å². The summed E-state index contributed by atoms with van der Waals surface area (Å²) >= 11 is 0. The van der Waals surface area contributed by atoms with Gasteiger partial charge in [-0.3, -0.25) is 9.59 Å². The molecule has 0 aromatic heterocycles. The van der Waals surface area contributed by atoms with Gasteiger partial charge in [-0.2, -0.15) is 0 Å². The quantitative estimate of drug-likeness (QED) is 0.850. The van der Waals surface area contributed by atoms with Crippen LogP contribution in [0.4, 0.5) is 0 Å². The second-order valence-corrected chi connectivity index (χ2v) is 9.05. The van der Waals surface area contributed by atoms with E-state index in [-0.39, 0.29) is 28.6 Å². The highest BCUT2D eigenvalue weighted by atomic mass is 16.2. The van der Waals surface area contributed by atoms with Crippen molar-refractivity contribution in [2.45, 2.75) is 78.2 Å². The van der Waals surface area contributed by atoms with E-state index in [1.807, 2.05) is 25.7 Å². The van der Waals surface area contributed by atoms with Crippen molar-refractivity contribution in [3.8, 4) is 0 Å². The topological polar surface area (TPSA) is 49.4 Å². The van der Waals surface area contributed by atoms with Crippen molar-refractivity contribution in [1.29, 1.82) is 0 Å². The van der Waals surface area contributed by atoms with E-state index in [0.29, 0.717) is 12.6 Å². The van der Waals surface area contributed by atoms with E-state index in [4.69, 9.17) is 0 Å². The van der Waals surface area contributed by atoms with Crippen molar-refractivity contribution in [3.63, 3.8) is 0 Å². The fraction of sp³-hybridized carbons (Fsp3) is 0.895. The summed E-state index contributed by atoms with van der Waals surface area (Å²) in [6.45, 7) is 7.33. The molecule has 1 N–H and O–H groups in total. The molecule has 3 aliphatic rings. The number of carbonyl (C=O) groups is 2. The minimum Gasteiger partial charge on any atom is -0.353 e. The maximum absolute atomic E-state index is 12.9. The van der Waals surface area contributed by atoms with Gasteiger partial charge in [0.05, 0.1) is 5.92 Å². The third kappa shape index (κ3) is 3.27. The number of rotatable bonds is 2. The summed E-state index contributed by atoms with van der Waals surface area (Å²) in [4.78, 5) is 27.6.